The highest BCUT2D eigenvalue weighted by Gasteiger charge is 2.21. The molecule has 0 aromatic heterocycles. The van der Waals surface area contributed by atoms with Gasteiger partial charge in [-0.2, -0.15) is 0 Å². The van der Waals surface area contributed by atoms with Gasteiger partial charge in [-0.1, -0.05) is 0 Å². The van der Waals surface area contributed by atoms with Crippen LogP contribution in [-0.2, 0) is 14.3 Å². The van der Waals surface area contributed by atoms with Crippen molar-refractivity contribution in [2.24, 2.45) is 5.92 Å². The molecule has 1 N–H and O–H groups in total. The van der Waals surface area contributed by atoms with E-state index in [0.717, 1.165) is 12.5 Å². The molecule has 0 aliphatic heterocycles. The molecule has 0 spiro atoms. The number of carbonyl (C=O) groups excluding carboxylic acids is 1. The summed E-state index contributed by atoms with van der Waals surface area (Å²) in [4.78, 5) is 13.3. The molecule has 0 aromatic rings. The lowest BCUT2D eigenvalue weighted by Crippen LogP contribution is -2.38. The molecular formula is C12H24N2O3. The molecule has 0 aromatic carbocycles. The van der Waals surface area contributed by atoms with E-state index in [0.29, 0.717) is 32.8 Å². The molecule has 1 aliphatic rings. The summed E-state index contributed by atoms with van der Waals surface area (Å²) < 4.78 is 10.4. The van der Waals surface area contributed by atoms with Gasteiger partial charge >= 0.3 is 0 Å². The molecule has 5 nitrogen and oxygen atoms in total. The maximum Gasteiger partial charge on any atom is 0.236 e. The Kier molecular flexibility index (Phi) is 7.16. The van der Waals surface area contributed by atoms with Crippen molar-refractivity contribution in [2.45, 2.75) is 12.8 Å². The number of nitrogens with one attached hydrogen (secondary N) is 1. The number of nitrogens with zero attached hydrogens (tertiary/aromatic N) is 1. The molecule has 1 fully saturated rings. The fraction of sp³-hybridized carbons (Fsp3) is 0.917. The molecule has 100 valence electrons. The molecule has 0 bridgehead atoms. The zero-order valence-electron chi connectivity index (χ0n) is 10.9. The second-order valence-corrected chi connectivity index (χ2v) is 4.50. The highest BCUT2D eigenvalue weighted by Crippen LogP contribution is 2.28. The van der Waals surface area contributed by atoms with Crippen LogP contribution in [0.1, 0.15) is 12.8 Å². The Morgan fingerprint density at radius 2 is 2.18 bits per heavy atom. The van der Waals surface area contributed by atoms with Crippen LogP contribution in [0.15, 0.2) is 0 Å². The predicted molar refractivity (Wildman–Crippen MR) is 65.9 cm³/mol. The molecule has 1 amide bonds. The largest absolute Gasteiger partial charge is 0.383 e. The Labute approximate surface area is 103 Å². The number of hydrogen-bond donors (Lipinski definition) is 1. The van der Waals surface area contributed by atoms with Crippen LogP contribution in [-0.4, -0.2) is 64.4 Å². The van der Waals surface area contributed by atoms with Gasteiger partial charge in [0.2, 0.25) is 5.91 Å². The van der Waals surface area contributed by atoms with E-state index < -0.39 is 0 Å². The summed E-state index contributed by atoms with van der Waals surface area (Å²) in [5.74, 6) is 0.878. The first-order valence-corrected chi connectivity index (χ1v) is 6.25. The molecule has 1 saturated carbocycles. The zero-order valence-corrected chi connectivity index (χ0v) is 10.9. The van der Waals surface area contributed by atoms with Crippen molar-refractivity contribution < 1.29 is 14.3 Å². The van der Waals surface area contributed by atoms with Gasteiger partial charge in [-0.3, -0.25) is 4.79 Å². The minimum atomic E-state index is 0.0936. The fourth-order valence-electron chi connectivity index (χ4n) is 1.37. The summed E-state index contributed by atoms with van der Waals surface area (Å²) >= 11 is 0. The number of likely N-dealkylation sites (N-methyl/N-ethyl adjacent to an activating group) is 1. The highest BCUT2D eigenvalue weighted by atomic mass is 16.5. The summed E-state index contributed by atoms with van der Waals surface area (Å²) in [6.45, 7) is 3.85. The quantitative estimate of drug-likeness (QED) is 0.554. The molecule has 0 saturated heterocycles. The Morgan fingerprint density at radius 3 is 2.82 bits per heavy atom. The van der Waals surface area contributed by atoms with E-state index in [1.165, 1.54) is 12.8 Å². The minimum absolute atomic E-state index is 0.0936. The summed E-state index contributed by atoms with van der Waals surface area (Å²) in [6.07, 6.45) is 2.61. The van der Waals surface area contributed by atoms with Crippen LogP contribution in [0.3, 0.4) is 0 Å². The molecule has 0 unspecified atom stereocenters. The lowest BCUT2D eigenvalue weighted by Gasteiger charge is -2.17. The average molecular weight is 244 g/mol. The van der Waals surface area contributed by atoms with Gasteiger partial charge in [-0.05, 0) is 18.8 Å². The summed E-state index contributed by atoms with van der Waals surface area (Å²) in [5, 5.41) is 3.03. The van der Waals surface area contributed by atoms with Gasteiger partial charge in [-0.15, -0.1) is 0 Å². The standard InChI is InChI=1S/C12H24N2O3/c1-14(6-8-17-10-11-3-4-11)12(15)9-13-5-7-16-2/h11,13H,3-10H2,1-2H3. The molecular weight excluding hydrogens is 220 g/mol. The molecule has 1 aliphatic carbocycles. The number of amides is 1. The Bertz CT molecular complexity index is 220. The van der Waals surface area contributed by atoms with Crippen LogP contribution in [0.2, 0.25) is 0 Å². The number of ether oxygens (including phenoxy) is 2. The van der Waals surface area contributed by atoms with Crippen LogP contribution in [0.4, 0.5) is 0 Å². The van der Waals surface area contributed by atoms with Gasteiger partial charge in [0.1, 0.15) is 0 Å². The van der Waals surface area contributed by atoms with Gasteiger partial charge in [0, 0.05) is 33.9 Å². The summed E-state index contributed by atoms with van der Waals surface area (Å²) in [5.41, 5.74) is 0. The van der Waals surface area contributed by atoms with Gasteiger partial charge in [-0.25, -0.2) is 0 Å². The second kappa shape index (κ2) is 8.44. The molecule has 0 atom stereocenters. The van der Waals surface area contributed by atoms with Crippen LogP contribution in [0.25, 0.3) is 0 Å². The third kappa shape index (κ3) is 7.31. The SMILES string of the molecule is COCCNCC(=O)N(C)CCOCC1CC1. The first-order chi connectivity index (χ1) is 8.24. The van der Waals surface area contributed by atoms with Gasteiger partial charge < -0.3 is 19.7 Å². The number of methoxy groups -OCH3 is 1. The van der Waals surface area contributed by atoms with E-state index >= 15 is 0 Å². The van der Waals surface area contributed by atoms with Crippen LogP contribution in [0.5, 0.6) is 0 Å². The topological polar surface area (TPSA) is 50.8 Å². The predicted octanol–water partition coefficient (Wildman–Crippen LogP) is 0.107. The van der Waals surface area contributed by atoms with Crippen molar-refractivity contribution in [2.75, 3.05) is 53.6 Å². The molecule has 0 heterocycles. The summed E-state index contributed by atoms with van der Waals surface area (Å²) in [7, 11) is 3.45. The van der Waals surface area contributed by atoms with Gasteiger partial charge in [0.15, 0.2) is 0 Å². The van der Waals surface area contributed by atoms with E-state index in [2.05, 4.69) is 5.32 Å². The van der Waals surface area contributed by atoms with E-state index in [9.17, 15) is 4.79 Å². The number of carbonyl (C=O) groups is 1. The Hall–Kier alpha value is -0.650. The second-order valence-electron chi connectivity index (χ2n) is 4.50. The van der Waals surface area contributed by atoms with Crippen LogP contribution in [0, 0.1) is 5.92 Å². The Balaban J connectivity index is 1.92. The first-order valence-electron chi connectivity index (χ1n) is 6.25. The monoisotopic (exact) mass is 244 g/mol. The van der Waals surface area contributed by atoms with E-state index in [-0.39, 0.29) is 5.91 Å². The average Bonchev–Trinajstić information content (AvgIpc) is 3.13. The van der Waals surface area contributed by atoms with Crippen molar-refractivity contribution in [1.82, 2.24) is 10.2 Å². The molecule has 17 heavy (non-hydrogen) atoms. The number of rotatable bonds is 10. The van der Waals surface area contributed by atoms with Crippen molar-refractivity contribution in [3.05, 3.63) is 0 Å². The van der Waals surface area contributed by atoms with E-state index in [1.807, 2.05) is 0 Å². The van der Waals surface area contributed by atoms with E-state index in [4.69, 9.17) is 9.47 Å². The smallest absolute Gasteiger partial charge is 0.236 e. The molecule has 0 radical (unpaired) electrons. The van der Waals surface area contributed by atoms with Crippen LogP contribution >= 0.6 is 0 Å². The van der Waals surface area contributed by atoms with Crippen molar-refractivity contribution >= 4 is 5.91 Å². The fourth-order valence-corrected chi connectivity index (χ4v) is 1.37. The lowest BCUT2D eigenvalue weighted by atomic mass is 10.4. The molecule has 1 rings (SSSR count). The summed E-state index contributed by atoms with van der Waals surface area (Å²) in [6, 6.07) is 0. The highest BCUT2D eigenvalue weighted by molar-refractivity contribution is 5.77. The maximum absolute atomic E-state index is 11.6. The minimum Gasteiger partial charge on any atom is -0.383 e. The maximum atomic E-state index is 11.6. The van der Waals surface area contributed by atoms with E-state index in [1.54, 1.807) is 19.1 Å². The third-order valence-corrected chi connectivity index (χ3v) is 2.81. The third-order valence-electron chi connectivity index (χ3n) is 2.81. The van der Waals surface area contributed by atoms with Crippen molar-refractivity contribution in [3.63, 3.8) is 0 Å². The zero-order chi connectivity index (χ0) is 12.5. The number of hydrogen-bond acceptors (Lipinski definition) is 4. The van der Waals surface area contributed by atoms with Gasteiger partial charge in [0.25, 0.3) is 0 Å². The lowest BCUT2D eigenvalue weighted by molar-refractivity contribution is -0.129. The Morgan fingerprint density at radius 1 is 1.41 bits per heavy atom. The van der Waals surface area contributed by atoms with Crippen LogP contribution < -0.4 is 5.32 Å². The molecule has 5 heteroatoms. The normalized spacial score (nSPS) is 14.9. The van der Waals surface area contributed by atoms with Crippen molar-refractivity contribution in [3.8, 4) is 0 Å². The first kappa shape index (κ1) is 14.4. The van der Waals surface area contributed by atoms with Gasteiger partial charge in [0.05, 0.1) is 19.8 Å². The van der Waals surface area contributed by atoms with Crippen molar-refractivity contribution in [1.29, 1.82) is 0 Å².